The number of phenols is 2. The molecule has 0 aliphatic rings. The number of anilines is 4. The van der Waals surface area contributed by atoms with E-state index in [1.165, 1.54) is 45.0 Å². The van der Waals surface area contributed by atoms with Crippen LogP contribution in [-0.4, -0.2) is 27.9 Å². The summed E-state index contributed by atoms with van der Waals surface area (Å²) in [6.07, 6.45) is 0. The summed E-state index contributed by atoms with van der Waals surface area (Å²) in [6, 6.07) is 10.9. The molecule has 2 aromatic carbocycles. The van der Waals surface area contributed by atoms with Crippen molar-refractivity contribution in [2.75, 3.05) is 21.7 Å². The van der Waals surface area contributed by atoms with Gasteiger partial charge in [0.05, 0.1) is 0 Å². The van der Waals surface area contributed by atoms with Gasteiger partial charge >= 0.3 is 0 Å². The van der Waals surface area contributed by atoms with E-state index in [1.807, 2.05) is 0 Å². The minimum absolute atomic E-state index is 0. The smallest absolute Gasteiger partial charge is 0.219 e. The molecular weight excluding hydrogens is 554 g/mol. The molecule has 0 atom stereocenters. The van der Waals surface area contributed by atoms with Gasteiger partial charge in [0.2, 0.25) is 17.7 Å². The monoisotopic (exact) mass is 582 g/mol. The predicted octanol–water partition coefficient (Wildman–Crippen LogP) is 3.11. The summed E-state index contributed by atoms with van der Waals surface area (Å²) in [5, 5.41) is 25.9. The van der Waals surface area contributed by atoms with Gasteiger partial charge < -0.3 is 31.9 Å². The molecule has 166 valence electrons. The Labute approximate surface area is 233 Å². The Hall–Kier alpha value is -1.54. The Morgan fingerprint density at radius 3 is 1.52 bits per heavy atom. The van der Waals surface area contributed by atoms with Crippen LogP contribution in [0.5, 0.6) is 11.5 Å². The Kier molecular flexibility index (Phi) is 21.5. The van der Waals surface area contributed by atoms with Crippen LogP contribution in [-0.2, 0) is 79.8 Å². The fourth-order valence-electron chi connectivity index (χ4n) is 1.78. The van der Waals surface area contributed by atoms with Crippen LogP contribution in [0.4, 0.5) is 22.7 Å². The van der Waals surface area contributed by atoms with Crippen molar-refractivity contribution in [1.29, 1.82) is 0 Å². The second-order valence-corrected chi connectivity index (χ2v) is 5.38. The van der Waals surface area contributed by atoms with Gasteiger partial charge in [0.25, 0.3) is 0 Å². The quantitative estimate of drug-likeness (QED) is 0.186. The zero-order valence-corrected chi connectivity index (χ0v) is 21.8. The molecule has 3 amide bonds. The molecule has 0 aliphatic carbocycles. The minimum atomic E-state index is -0.286. The van der Waals surface area contributed by atoms with E-state index in [-0.39, 0.29) is 121 Å². The second-order valence-electron chi connectivity index (χ2n) is 5.38. The van der Waals surface area contributed by atoms with Gasteiger partial charge in [0.1, 0.15) is 0 Å². The molecule has 0 aliphatic heterocycles. The van der Waals surface area contributed by atoms with Crippen LogP contribution < -0.4 is 21.7 Å². The van der Waals surface area contributed by atoms with Crippen molar-refractivity contribution < 1.29 is 90.0 Å². The summed E-state index contributed by atoms with van der Waals surface area (Å²) < 4.78 is 0. The van der Waals surface area contributed by atoms with Crippen molar-refractivity contribution in [1.82, 2.24) is 0 Å². The van der Waals surface area contributed by atoms with Crippen molar-refractivity contribution in [3.05, 3.63) is 36.4 Å². The largest absolute Gasteiger partial charge is 0.531 e. The molecule has 0 saturated heterocycles. The first-order valence-corrected chi connectivity index (χ1v) is 7.66. The van der Waals surface area contributed by atoms with Crippen LogP contribution in [0.15, 0.2) is 24.3 Å². The number of amides is 3. The van der Waals surface area contributed by atoms with E-state index in [0.717, 1.165) is 0 Å². The van der Waals surface area contributed by atoms with Crippen LogP contribution in [0.3, 0.4) is 0 Å². The van der Waals surface area contributed by atoms with Gasteiger partial charge in [-0.05, 0) is 11.4 Å². The van der Waals surface area contributed by atoms with Crippen molar-refractivity contribution in [2.45, 2.75) is 35.6 Å². The number of hydrogen-bond donors (Lipinski definition) is 6. The molecule has 2 rings (SSSR count). The van der Waals surface area contributed by atoms with E-state index in [0.29, 0.717) is 11.4 Å². The number of hydrogen-bond acceptors (Lipinski definition) is 6. The Morgan fingerprint density at radius 2 is 1.16 bits per heavy atom. The average molecular weight is 582 g/mol. The van der Waals surface area contributed by atoms with Gasteiger partial charge in [-0.25, -0.2) is 0 Å². The maximum Gasteiger partial charge on any atom is 0.219 e. The maximum atomic E-state index is 10.7. The Bertz CT molecular complexity index is 863. The second kappa shape index (κ2) is 18.1. The van der Waals surface area contributed by atoms with E-state index in [1.54, 1.807) is 0 Å². The molecule has 11 heteroatoms. The fourth-order valence-corrected chi connectivity index (χ4v) is 1.78. The number of nitrogens with two attached hydrogens (primary N) is 1. The summed E-state index contributed by atoms with van der Waals surface area (Å²) in [5.74, 6) is -0.926. The molecule has 0 unspecified atom stereocenters. The Morgan fingerprint density at radius 1 is 0.774 bits per heavy atom. The molecule has 2 aromatic rings. The number of carbonyl (C=O) groups excluding carboxylic acids is 3. The van der Waals surface area contributed by atoms with Crippen LogP contribution >= 0.6 is 0 Å². The molecule has 2 radical (unpaired) electrons. The van der Waals surface area contributed by atoms with Crippen molar-refractivity contribution in [2.24, 2.45) is 0 Å². The average Bonchev–Trinajstić information content (AvgIpc) is 2.53. The van der Waals surface area contributed by atoms with Crippen LogP contribution in [0.2, 0.25) is 0 Å². The van der Waals surface area contributed by atoms with Crippen LogP contribution in [0, 0.1) is 12.1 Å². The number of phenolic OH excluding ortho intramolecular Hbond substituents is 2. The van der Waals surface area contributed by atoms with Gasteiger partial charge in [-0.15, -0.1) is 24.3 Å². The number of nitrogen functional groups attached to an aromatic ring is 1. The molecule has 0 spiro atoms. The third-order valence-corrected chi connectivity index (χ3v) is 2.82. The molecule has 7 N–H and O–H groups in total. The zero-order valence-electron chi connectivity index (χ0n) is 16.2. The third kappa shape index (κ3) is 15.0. The molecule has 0 bridgehead atoms. The van der Waals surface area contributed by atoms with Gasteiger partial charge in [-0.1, -0.05) is 26.2 Å². The first kappa shape index (κ1) is 36.8. The minimum Gasteiger partial charge on any atom is -0.531 e. The van der Waals surface area contributed by atoms with Gasteiger partial charge in [-0.2, -0.15) is 12.1 Å². The van der Waals surface area contributed by atoms with E-state index in [4.69, 9.17) is 10.8 Å². The SMILES string of the molecule is C.C.CC(=O)Nc1[c-]cc(N)c(O)c1.CC(=O)Nc1[c-]cc(NC(C)=O)c(O)c1.[Y].[Y]. The van der Waals surface area contributed by atoms with Crippen molar-refractivity contribution >= 4 is 40.5 Å². The van der Waals surface area contributed by atoms with Crippen LogP contribution in [0.25, 0.3) is 0 Å². The number of rotatable bonds is 3. The standard InChI is InChI=1S/C10H11N2O3.C8H9N2O2.2CH4.2Y/c1-6(13)11-8-3-4-9(10(15)5-8)12-7(2)14;1-5(11)10-6-2-3-7(9)8(12)4-6;;;;/h4-5,15H,1-2H3,(H,11,13)(H,12,14);3-4,12H,9H2,1H3,(H,10,11);2*1H4;;/q2*-1;;;;. The molecule has 9 nitrogen and oxygen atoms in total. The van der Waals surface area contributed by atoms with Crippen molar-refractivity contribution in [3.8, 4) is 11.5 Å². The summed E-state index contributed by atoms with van der Waals surface area (Å²) >= 11 is 0. The predicted molar refractivity (Wildman–Crippen MR) is 115 cm³/mol. The summed E-state index contributed by atoms with van der Waals surface area (Å²) in [4.78, 5) is 32.0. The van der Waals surface area contributed by atoms with Gasteiger partial charge in [0.15, 0.2) is 0 Å². The van der Waals surface area contributed by atoms with Crippen molar-refractivity contribution in [3.63, 3.8) is 0 Å². The normalized spacial score (nSPS) is 8.23. The first-order valence-electron chi connectivity index (χ1n) is 7.66. The number of aromatic hydroxyl groups is 2. The topological polar surface area (TPSA) is 154 Å². The number of nitrogens with one attached hydrogen (secondary N) is 3. The molecule has 0 fully saturated rings. The first-order chi connectivity index (χ1) is 12.6. The molecule has 31 heavy (non-hydrogen) atoms. The zero-order chi connectivity index (χ0) is 20.6. The maximum absolute atomic E-state index is 10.7. The van der Waals surface area contributed by atoms with Gasteiger partial charge in [0, 0.05) is 97.7 Å². The summed E-state index contributed by atoms with van der Waals surface area (Å²) in [5.41, 5.74) is 6.59. The van der Waals surface area contributed by atoms with E-state index in [9.17, 15) is 19.5 Å². The summed E-state index contributed by atoms with van der Waals surface area (Å²) in [6.45, 7) is 4.06. The van der Waals surface area contributed by atoms with Crippen LogP contribution in [0.1, 0.15) is 35.6 Å². The van der Waals surface area contributed by atoms with E-state index >= 15 is 0 Å². The number of benzene rings is 2. The Balaban J connectivity index is -0.000000212. The molecular formula is C20H28N4O5Y2-2. The number of carbonyl (C=O) groups is 3. The molecule has 0 aromatic heterocycles. The third-order valence-electron chi connectivity index (χ3n) is 2.82. The fraction of sp³-hybridized carbons (Fsp3) is 0.250. The van der Waals surface area contributed by atoms with Gasteiger partial charge in [-0.3, -0.25) is 14.4 Å². The molecule has 0 saturated carbocycles. The van der Waals surface area contributed by atoms with E-state index in [2.05, 4.69) is 28.1 Å². The van der Waals surface area contributed by atoms with E-state index < -0.39 is 0 Å². The summed E-state index contributed by atoms with van der Waals surface area (Å²) in [7, 11) is 0. The molecule has 0 heterocycles.